The number of ether oxygens (including phenoxy) is 4. The Morgan fingerprint density at radius 2 is 1.65 bits per heavy atom. The van der Waals surface area contributed by atoms with E-state index in [1.807, 2.05) is 30.3 Å². The van der Waals surface area contributed by atoms with Crippen molar-refractivity contribution in [2.75, 3.05) is 26.4 Å². The largest absolute Gasteiger partial charge is 0.489 e. The van der Waals surface area contributed by atoms with Gasteiger partial charge in [0.1, 0.15) is 25.6 Å². The fourth-order valence-corrected chi connectivity index (χ4v) is 3.01. The molecule has 0 aromatic heterocycles. The predicted molar refractivity (Wildman–Crippen MR) is 130 cm³/mol. The van der Waals surface area contributed by atoms with Gasteiger partial charge in [0.25, 0.3) is 0 Å². The number of rotatable bonds is 13. The minimum absolute atomic E-state index is 0.0270. The first-order chi connectivity index (χ1) is 16.2. The van der Waals surface area contributed by atoms with Crippen LogP contribution in [0.3, 0.4) is 0 Å². The maximum Gasteiger partial charge on any atom is 0.338 e. The van der Waals surface area contributed by atoms with Gasteiger partial charge in [-0.2, -0.15) is 0 Å². The molecule has 0 amide bonds. The molecule has 1 atom stereocenters. The van der Waals surface area contributed by atoms with E-state index in [1.54, 1.807) is 26.0 Å². The van der Waals surface area contributed by atoms with E-state index in [1.165, 1.54) is 0 Å². The Bertz CT molecular complexity index is 1030. The van der Waals surface area contributed by atoms with Gasteiger partial charge in [-0.25, -0.2) is 9.59 Å². The van der Waals surface area contributed by atoms with Crippen LogP contribution in [0.15, 0.2) is 66.8 Å². The number of esters is 2. The van der Waals surface area contributed by atoms with Crippen LogP contribution in [0.5, 0.6) is 5.75 Å². The highest BCUT2D eigenvalue weighted by Gasteiger charge is 2.16. The Morgan fingerprint density at radius 1 is 0.941 bits per heavy atom. The molecule has 2 aromatic carbocycles. The van der Waals surface area contributed by atoms with Crippen LogP contribution in [0, 0.1) is 0 Å². The number of hydrogen-bond donors (Lipinski definition) is 1. The number of carbonyl (C=O) groups is 2. The summed E-state index contributed by atoms with van der Waals surface area (Å²) in [5, 5.41) is 9.58. The van der Waals surface area contributed by atoms with Crippen molar-refractivity contribution < 1.29 is 33.6 Å². The lowest BCUT2D eigenvalue weighted by Crippen LogP contribution is -2.18. The van der Waals surface area contributed by atoms with Crippen LogP contribution in [-0.4, -0.2) is 49.8 Å². The number of hydrogen-bond acceptors (Lipinski definition) is 7. The van der Waals surface area contributed by atoms with Crippen LogP contribution in [0.4, 0.5) is 0 Å². The second-order valence-electron chi connectivity index (χ2n) is 7.69. The van der Waals surface area contributed by atoms with Crippen molar-refractivity contribution >= 4 is 11.9 Å². The van der Waals surface area contributed by atoms with Crippen molar-refractivity contribution in [1.82, 2.24) is 0 Å². The summed E-state index contributed by atoms with van der Waals surface area (Å²) in [5.74, 6) is -0.575. The molecule has 0 spiro atoms. The molecule has 0 aliphatic carbocycles. The van der Waals surface area contributed by atoms with E-state index >= 15 is 0 Å². The van der Waals surface area contributed by atoms with Gasteiger partial charge in [-0.15, -0.1) is 0 Å². The number of aliphatic hydroxyl groups is 1. The molecule has 1 unspecified atom stereocenters. The summed E-state index contributed by atoms with van der Waals surface area (Å²) in [5.41, 5.74) is 4.00. The molecule has 2 rings (SSSR count). The summed E-state index contributed by atoms with van der Waals surface area (Å²) in [6, 6.07) is 13.0. The lowest BCUT2D eigenvalue weighted by Gasteiger charge is -2.16. The van der Waals surface area contributed by atoms with Crippen LogP contribution in [0.2, 0.25) is 0 Å². The highest BCUT2D eigenvalue weighted by molar-refractivity contribution is 5.91. The lowest BCUT2D eigenvalue weighted by molar-refractivity contribution is -0.139. The molecule has 7 nitrogen and oxygen atoms in total. The minimum atomic E-state index is -1.10. The monoisotopic (exact) mass is 468 g/mol. The van der Waals surface area contributed by atoms with Crippen molar-refractivity contribution in [3.8, 4) is 16.9 Å². The van der Waals surface area contributed by atoms with E-state index < -0.39 is 18.2 Å². The van der Waals surface area contributed by atoms with Crippen molar-refractivity contribution in [3.63, 3.8) is 0 Å². The minimum Gasteiger partial charge on any atom is -0.489 e. The molecule has 0 saturated carbocycles. The van der Waals surface area contributed by atoms with E-state index in [2.05, 4.69) is 20.1 Å². The molecule has 0 saturated heterocycles. The summed E-state index contributed by atoms with van der Waals surface area (Å²) in [4.78, 5) is 24.2. The molecule has 34 heavy (non-hydrogen) atoms. The van der Waals surface area contributed by atoms with Gasteiger partial charge in [-0.1, -0.05) is 44.3 Å². The van der Waals surface area contributed by atoms with Crippen LogP contribution < -0.4 is 4.74 Å². The second-order valence-corrected chi connectivity index (χ2v) is 7.69. The SMILES string of the molecule is C=C(C)C(=O)OCCOc1cc(C(=O)OCCOC(O)C(=C)C)ccc1-c1ccccc1CC. The predicted octanol–water partition coefficient (Wildman–Crippen LogP) is 4.48. The zero-order valence-corrected chi connectivity index (χ0v) is 20.0. The molecule has 182 valence electrons. The maximum absolute atomic E-state index is 12.5. The maximum atomic E-state index is 12.5. The Hall–Kier alpha value is -3.42. The fraction of sp³-hybridized carbons (Fsp3) is 0.333. The Labute approximate surface area is 200 Å². The average molecular weight is 469 g/mol. The fourth-order valence-electron chi connectivity index (χ4n) is 3.01. The van der Waals surface area contributed by atoms with Gasteiger partial charge in [-0.05, 0) is 55.2 Å². The highest BCUT2D eigenvalue weighted by Crippen LogP contribution is 2.34. The van der Waals surface area contributed by atoms with Gasteiger partial charge >= 0.3 is 11.9 Å². The molecular weight excluding hydrogens is 436 g/mol. The zero-order chi connectivity index (χ0) is 25.1. The number of carbonyl (C=O) groups excluding carboxylic acids is 2. The molecule has 0 radical (unpaired) electrons. The molecule has 7 heteroatoms. The van der Waals surface area contributed by atoms with Crippen LogP contribution in [0.25, 0.3) is 11.1 Å². The highest BCUT2D eigenvalue weighted by atomic mass is 16.6. The van der Waals surface area contributed by atoms with Crippen molar-refractivity contribution in [2.45, 2.75) is 33.5 Å². The lowest BCUT2D eigenvalue weighted by atomic mass is 9.96. The Morgan fingerprint density at radius 3 is 2.32 bits per heavy atom. The molecule has 0 bridgehead atoms. The molecule has 1 N–H and O–H groups in total. The second kappa shape index (κ2) is 13.3. The van der Waals surface area contributed by atoms with E-state index in [4.69, 9.17) is 18.9 Å². The Balaban J connectivity index is 2.16. The first-order valence-corrected chi connectivity index (χ1v) is 11.0. The van der Waals surface area contributed by atoms with Crippen LogP contribution in [-0.2, 0) is 25.4 Å². The number of benzene rings is 2. The van der Waals surface area contributed by atoms with Gasteiger partial charge in [0.15, 0.2) is 6.29 Å². The smallest absolute Gasteiger partial charge is 0.338 e. The molecular formula is C27H32O7. The molecule has 0 heterocycles. The van der Waals surface area contributed by atoms with Gasteiger partial charge in [0, 0.05) is 11.1 Å². The van der Waals surface area contributed by atoms with Crippen molar-refractivity contribution in [1.29, 1.82) is 0 Å². The normalized spacial score (nSPS) is 11.4. The molecule has 0 aliphatic rings. The van der Waals surface area contributed by atoms with E-state index in [9.17, 15) is 14.7 Å². The average Bonchev–Trinajstić information content (AvgIpc) is 2.83. The quantitative estimate of drug-likeness (QED) is 0.152. The van der Waals surface area contributed by atoms with Gasteiger partial charge in [-0.3, -0.25) is 0 Å². The first-order valence-electron chi connectivity index (χ1n) is 11.0. The van der Waals surface area contributed by atoms with Crippen molar-refractivity contribution in [2.24, 2.45) is 0 Å². The van der Waals surface area contributed by atoms with Crippen LogP contribution in [0.1, 0.15) is 36.7 Å². The van der Waals surface area contributed by atoms with Gasteiger partial charge in [0.2, 0.25) is 0 Å². The zero-order valence-electron chi connectivity index (χ0n) is 20.0. The molecule has 0 fully saturated rings. The molecule has 0 aliphatic heterocycles. The standard InChI is InChI=1S/C27H32O7/c1-6-20-9-7-8-10-22(20)23-12-11-21(27(30)34-16-15-33-26(29)19(4)5)17-24(23)31-13-14-32-25(28)18(2)3/h7-12,17,26,29H,2,4,6,13-16H2,1,3,5H3. The van der Waals surface area contributed by atoms with E-state index in [0.29, 0.717) is 22.5 Å². The van der Waals surface area contributed by atoms with Gasteiger partial charge < -0.3 is 24.1 Å². The third-order valence-corrected chi connectivity index (χ3v) is 4.84. The van der Waals surface area contributed by atoms with E-state index in [0.717, 1.165) is 23.1 Å². The summed E-state index contributed by atoms with van der Waals surface area (Å²) in [7, 11) is 0. The van der Waals surface area contributed by atoms with Gasteiger partial charge in [0.05, 0.1) is 12.2 Å². The number of aryl methyl sites for hydroxylation is 1. The van der Waals surface area contributed by atoms with Crippen molar-refractivity contribution in [3.05, 3.63) is 77.9 Å². The van der Waals surface area contributed by atoms with E-state index in [-0.39, 0.29) is 26.4 Å². The van der Waals surface area contributed by atoms with Crippen LogP contribution >= 0.6 is 0 Å². The first kappa shape index (κ1) is 26.8. The Kier molecular flexibility index (Phi) is 10.5. The third-order valence-electron chi connectivity index (χ3n) is 4.84. The summed E-state index contributed by atoms with van der Waals surface area (Å²) in [6.45, 7) is 12.6. The molecule has 2 aromatic rings. The summed E-state index contributed by atoms with van der Waals surface area (Å²) < 4.78 is 21.4. The third kappa shape index (κ3) is 7.86. The summed E-state index contributed by atoms with van der Waals surface area (Å²) >= 11 is 0. The summed E-state index contributed by atoms with van der Waals surface area (Å²) in [6.07, 6.45) is -0.276. The number of aliphatic hydroxyl groups excluding tert-OH is 1. The topological polar surface area (TPSA) is 91.3 Å².